The Morgan fingerprint density at radius 1 is 1.22 bits per heavy atom. The quantitative estimate of drug-likeness (QED) is 0.790. The largest absolute Gasteiger partial charge is 0.366 e. The Kier molecular flexibility index (Phi) is 4.28. The van der Waals surface area contributed by atoms with Crippen molar-refractivity contribution in [2.45, 2.75) is 20.0 Å². The van der Waals surface area contributed by atoms with Gasteiger partial charge in [0.1, 0.15) is 11.3 Å². The van der Waals surface area contributed by atoms with Crippen molar-refractivity contribution in [2.24, 2.45) is 0 Å². The van der Waals surface area contributed by atoms with Gasteiger partial charge in [-0.15, -0.1) is 0 Å². The van der Waals surface area contributed by atoms with Crippen LogP contribution in [-0.4, -0.2) is 16.6 Å². The lowest BCUT2D eigenvalue weighted by Gasteiger charge is -2.16. The maximum absolute atomic E-state index is 5.98. The summed E-state index contributed by atoms with van der Waals surface area (Å²) in [6.45, 7) is 4.44. The van der Waals surface area contributed by atoms with Crippen molar-refractivity contribution < 1.29 is 4.74 Å². The van der Waals surface area contributed by atoms with Crippen LogP contribution in [0, 0.1) is 6.92 Å². The highest BCUT2D eigenvalue weighted by Crippen LogP contribution is 2.24. The van der Waals surface area contributed by atoms with Crippen molar-refractivity contribution in [2.75, 3.05) is 6.61 Å². The third kappa shape index (κ3) is 3.06. The lowest BCUT2D eigenvalue weighted by molar-refractivity contribution is 0.0850. The molecule has 2 rings (SSSR count). The molecule has 1 unspecified atom stereocenters. The number of aryl methyl sites for hydroxylation is 1. The maximum Gasteiger partial charge on any atom is 0.163 e. The number of aromatic nitrogens is 2. The Morgan fingerprint density at radius 3 is 2.56 bits per heavy atom. The molecule has 3 nitrogen and oxygen atoms in total. The Balaban J connectivity index is 2.41. The summed E-state index contributed by atoms with van der Waals surface area (Å²) in [5.74, 6) is 0.605. The van der Waals surface area contributed by atoms with Gasteiger partial charge in [-0.05, 0) is 25.5 Å². The van der Waals surface area contributed by atoms with Crippen LogP contribution in [0.25, 0.3) is 0 Å². The minimum atomic E-state index is -0.270. The van der Waals surface area contributed by atoms with Gasteiger partial charge >= 0.3 is 0 Å². The normalized spacial score (nSPS) is 12.4. The molecule has 4 heteroatoms. The highest BCUT2D eigenvalue weighted by molar-refractivity contribution is 6.29. The van der Waals surface area contributed by atoms with Crippen molar-refractivity contribution in [3.8, 4) is 0 Å². The molecule has 0 saturated carbocycles. The van der Waals surface area contributed by atoms with Crippen LogP contribution < -0.4 is 0 Å². The molecule has 94 valence electrons. The van der Waals surface area contributed by atoms with E-state index in [4.69, 9.17) is 16.3 Å². The van der Waals surface area contributed by atoms with Gasteiger partial charge in [-0.25, -0.2) is 9.97 Å². The first kappa shape index (κ1) is 13.0. The first-order chi connectivity index (χ1) is 8.70. The van der Waals surface area contributed by atoms with E-state index >= 15 is 0 Å². The van der Waals surface area contributed by atoms with Crippen LogP contribution in [0.4, 0.5) is 0 Å². The SMILES string of the molecule is CCOC(c1ccccc1)c1nc(C)cc(Cl)n1. The van der Waals surface area contributed by atoms with E-state index in [1.54, 1.807) is 6.07 Å². The monoisotopic (exact) mass is 262 g/mol. The van der Waals surface area contributed by atoms with E-state index in [0.29, 0.717) is 17.6 Å². The summed E-state index contributed by atoms with van der Waals surface area (Å²) in [6.07, 6.45) is -0.270. The Hall–Kier alpha value is -1.45. The van der Waals surface area contributed by atoms with Gasteiger partial charge in [0.25, 0.3) is 0 Å². The number of halogens is 1. The molecular weight excluding hydrogens is 248 g/mol. The third-order valence-corrected chi connectivity index (χ3v) is 2.70. The molecule has 1 aromatic heterocycles. The fraction of sp³-hybridized carbons (Fsp3) is 0.286. The maximum atomic E-state index is 5.98. The Morgan fingerprint density at radius 2 is 1.94 bits per heavy atom. The molecule has 0 fully saturated rings. The Bertz CT molecular complexity index is 496. The molecule has 0 aliphatic carbocycles. The number of hydrogen-bond donors (Lipinski definition) is 0. The van der Waals surface area contributed by atoms with Crippen LogP contribution in [0.15, 0.2) is 36.4 Å². The summed E-state index contributed by atoms with van der Waals surface area (Å²) >= 11 is 5.98. The van der Waals surface area contributed by atoms with Crippen LogP contribution in [0.1, 0.15) is 30.1 Å². The van der Waals surface area contributed by atoms with E-state index < -0.39 is 0 Å². The molecule has 2 aromatic rings. The number of nitrogens with zero attached hydrogens (tertiary/aromatic N) is 2. The van der Waals surface area contributed by atoms with E-state index in [2.05, 4.69) is 9.97 Å². The van der Waals surface area contributed by atoms with Gasteiger partial charge in [-0.2, -0.15) is 0 Å². The number of ether oxygens (including phenoxy) is 1. The summed E-state index contributed by atoms with van der Waals surface area (Å²) in [7, 11) is 0. The number of rotatable bonds is 4. The molecule has 1 heterocycles. The zero-order valence-electron chi connectivity index (χ0n) is 10.4. The number of benzene rings is 1. The van der Waals surface area contributed by atoms with Gasteiger partial charge in [0.05, 0.1) is 0 Å². The van der Waals surface area contributed by atoms with Crippen LogP contribution in [0.2, 0.25) is 5.15 Å². The molecule has 0 aliphatic heterocycles. The molecular formula is C14H15ClN2O. The zero-order chi connectivity index (χ0) is 13.0. The van der Waals surface area contributed by atoms with Crippen LogP contribution in [-0.2, 0) is 4.74 Å². The predicted molar refractivity (Wildman–Crippen MR) is 71.7 cm³/mol. The minimum Gasteiger partial charge on any atom is -0.366 e. The second kappa shape index (κ2) is 5.94. The molecule has 18 heavy (non-hydrogen) atoms. The molecule has 1 atom stereocenters. The summed E-state index contributed by atoms with van der Waals surface area (Å²) in [6, 6.07) is 11.6. The smallest absolute Gasteiger partial charge is 0.163 e. The summed E-state index contributed by atoms with van der Waals surface area (Å²) < 4.78 is 5.74. The second-order valence-corrected chi connectivity index (χ2v) is 4.32. The topological polar surface area (TPSA) is 35.0 Å². The van der Waals surface area contributed by atoms with Crippen LogP contribution in [0.3, 0.4) is 0 Å². The summed E-state index contributed by atoms with van der Waals surface area (Å²) in [5, 5.41) is 0.443. The van der Waals surface area contributed by atoms with Gasteiger partial charge in [0.2, 0.25) is 0 Å². The average Bonchev–Trinajstić information content (AvgIpc) is 2.36. The molecule has 0 radical (unpaired) electrons. The van der Waals surface area contributed by atoms with E-state index in [1.807, 2.05) is 44.2 Å². The van der Waals surface area contributed by atoms with E-state index in [9.17, 15) is 0 Å². The molecule has 0 spiro atoms. The fourth-order valence-electron chi connectivity index (χ4n) is 1.78. The van der Waals surface area contributed by atoms with Gasteiger partial charge in [-0.1, -0.05) is 41.9 Å². The standard InChI is InChI=1S/C14H15ClN2O/c1-3-18-13(11-7-5-4-6-8-11)14-16-10(2)9-12(15)17-14/h4-9,13H,3H2,1-2H3. The molecule has 0 saturated heterocycles. The zero-order valence-corrected chi connectivity index (χ0v) is 11.2. The van der Waals surface area contributed by atoms with Crippen molar-refractivity contribution >= 4 is 11.6 Å². The Labute approximate surface area is 112 Å². The van der Waals surface area contributed by atoms with E-state index in [0.717, 1.165) is 11.3 Å². The highest BCUT2D eigenvalue weighted by atomic mass is 35.5. The van der Waals surface area contributed by atoms with Crippen LogP contribution in [0.5, 0.6) is 0 Å². The number of hydrogen-bond acceptors (Lipinski definition) is 3. The first-order valence-corrected chi connectivity index (χ1v) is 6.26. The fourth-order valence-corrected chi connectivity index (χ4v) is 2.03. The van der Waals surface area contributed by atoms with Gasteiger partial charge in [0, 0.05) is 12.3 Å². The van der Waals surface area contributed by atoms with Crippen LogP contribution >= 0.6 is 11.6 Å². The van der Waals surface area contributed by atoms with Crippen molar-refractivity contribution in [3.05, 3.63) is 58.6 Å². The van der Waals surface area contributed by atoms with Crippen molar-refractivity contribution in [1.29, 1.82) is 0 Å². The summed E-state index contributed by atoms with van der Waals surface area (Å²) in [5.41, 5.74) is 1.87. The lowest BCUT2D eigenvalue weighted by atomic mass is 10.1. The minimum absolute atomic E-state index is 0.270. The molecule has 0 bridgehead atoms. The first-order valence-electron chi connectivity index (χ1n) is 5.88. The molecule has 0 aliphatic rings. The van der Waals surface area contributed by atoms with E-state index in [-0.39, 0.29) is 6.10 Å². The average molecular weight is 263 g/mol. The van der Waals surface area contributed by atoms with Crippen molar-refractivity contribution in [3.63, 3.8) is 0 Å². The van der Waals surface area contributed by atoms with Gasteiger partial charge < -0.3 is 4.74 Å². The van der Waals surface area contributed by atoms with Crippen molar-refractivity contribution in [1.82, 2.24) is 9.97 Å². The predicted octanol–water partition coefficient (Wildman–Crippen LogP) is 3.56. The lowest BCUT2D eigenvalue weighted by Crippen LogP contribution is -2.11. The van der Waals surface area contributed by atoms with Gasteiger partial charge in [-0.3, -0.25) is 0 Å². The third-order valence-electron chi connectivity index (χ3n) is 2.51. The molecule has 1 aromatic carbocycles. The second-order valence-electron chi connectivity index (χ2n) is 3.94. The van der Waals surface area contributed by atoms with Gasteiger partial charge in [0.15, 0.2) is 5.82 Å². The highest BCUT2D eigenvalue weighted by Gasteiger charge is 2.17. The molecule has 0 amide bonds. The summed E-state index contributed by atoms with van der Waals surface area (Å²) in [4.78, 5) is 8.67. The van der Waals surface area contributed by atoms with E-state index in [1.165, 1.54) is 0 Å². The molecule has 0 N–H and O–H groups in total.